The summed E-state index contributed by atoms with van der Waals surface area (Å²) in [6, 6.07) is 0. The summed E-state index contributed by atoms with van der Waals surface area (Å²) in [4.78, 5) is 17.9. The van der Waals surface area contributed by atoms with Crippen LogP contribution in [0.3, 0.4) is 0 Å². The molecular weight excluding hydrogens is 199 g/mol. The lowest BCUT2D eigenvalue weighted by molar-refractivity contribution is -0.107. The second-order valence-electron chi connectivity index (χ2n) is 2.20. The topological polar surface area (TPSA) is 42.9 Å². The molecule has 0 aliphatic rings. The van der Waals surface area contributed by atoms with Crippen molar-refractivity contribution < 1.29 is 4.79 Å². The molecule has 0 saturated heterocycles. The summed E-state index contributed by atoms with van der Waals surface area (Å²) in [7, 11) is 0. The van der Waals surface area contributed by atoms with E-state index < -0.39 is 0 Å². The monoisotopic (exact) mass is 204 g/mol. The molecule has 1 aromatic heterocycles. The minimum absolute atomic E-state index is 0.151. The lowest BCUT2D eigenvalue weighted by Crippen LogP contribution is -1.97. The Labute approximate surface area is 79.7 Å². The third-order valence-electron chi connectivity index (χ3n) is 1.31. The van der Waals surface area contributed by atoms with Gasteiger partial charge in [-0.15, -0.1) is 0 Å². The normalized spacial score (nSPS) is 9.92. The van der Waals surface area contributed by atoms with Crippen LogP contribution >= 0.6 is 23.2 Å². The number of rotatable bonds is 2. The molecule has 0 radical (unpaired) electrons. The Morgan fingerprint density at radius 1 is 1.33 bits per heavy atom. The Kier molecular flexibility index (Phi) is 3.00. The minimum Gasteiger partial charge on any atom is -0.303 e. The molecule has 0 unspecified atom stereocenters. The minimum atomic E-state index is 0.151. The van der Waals surface area contributed by atoms with Crippen molar-refractivity contribution in [1.82, 2.24) is 9.97 Å². The van der Waals surface area contributed by atoms with Crippen LogP contribution in [0.25, 0.3) is 0 Å². The van der Waals surface area contributed by atoms with E-state index in [0.717, 1.165) is 0 Å². The van der Waals surface area contributed by atoms with E-state index >= 15 is 0 Å². The standard InChI is InChI=1S/C7H6Cl2N2O/c1-4-10-6(8)5(2-3-12)7(9)11-4/h3H,2H2,1H3. The van der Waals surface area contributed by atoms with Crippen molar-refractivity contribution in [2.24, 2.45) is 0 Å². The number of aryl methyl sites for hydroxylation is 1. The summed E-state index contributed by atoms with van der Waals surface area (Å²) in [5, 5.41) is 0.499. The average Bonchev–Trinajstić information content (AvgIpc) is 1.96. The molecule has 0 saturated carbocycles. The molecule has 0 aliphatic carbocycles. The van der Waals surface area contributed by atoms with Crippen molar-refractivity contribution >= 4 is 29.5 Å². The summed E-state index contributed by atoms with van der Waals surface area (Å²) in [5.74, 6) is 0.500. The second-order valence-corrected chi connectivity index (χ2v) is 2.92. The second kappa shape index (κ2) is 3.83. The fraction of sp³-hybridized carbons (Fsp3) is 0.286. The molecule has 12 heavy (non-hydrogen) atoms. The number of hydrogen-bond acceptors (Lipinski definition) is 3. The van der Waals surface area contributed by atoms with Gasteiger partial charge in [-0.2, -0.15) is 0 Å². The van der Waals surface area contributed by atoms with E-state index in [1.807, 2.05) is 0 Å². The van der Waals surface area contributed by atoms with Gasteiger partial charge in [-0.25, -0.2) is 9.97 Å². The highest BCUT2D eigenvalue weighted by molar-refractivity contribution is 6.34. The van der Waals surface area contributed by atoms with Gasteiger partial charge in [0.2, 0.25) is 0 Å². The van der Waals surface area contributed by atoms with Gasteiger partial charge >= 0.3 is 0 Å². The first-order valence-electron chi connectivity index (χ1n) is 3.27. The highest BCUT2D eigenvalue weighted by Crippen LogP contribution is 2.20. The average molecular weight is 205 g/mol. The zero-order chi connectivity index (χ0) is 9.14. The molecule has 64 valence electrons. The molecule has 1 heterocycles. The Morgan fingerprint density at radius 2 is 1.83 bits per heavy atom. The molecule has 0 atom stereocenters. The van der Waals surface area contributed by atoms with Crippen molar-refractivity contribution in [2.75, 3.05) is 0 Å². The third kappa shape index (κ3) is 1.93. The molecule has 0 aromatic carbocycles. The Hall–Kier alpha value is -0.670. The van der Waals surface area contributed by atoms with Crippen molar-refractivity contribution in [1.29, 1.82) is 0 Å². The number of carbonyl (C=O) groups excluding carboxylic acids is 1. The molecule has 1 rings (SSSR count). The molecule has 0 aliphatic heterocycles. The van der Waals surface area contributed by atoms with E-state index in [0.29, 0.717) is 17.7 Å². The maximum Gasteiger partial charge on any atom is 0.137 e. The van der Waals surface area contributed by atoms with E-state index in [1.165, 1.54) is 0 Å². The van der Waals surface area contributed by atoms with E-state index in [9.17, 15) is 4.79 Å². The van der Waals surface area contributed by atoms with Crippen LogP contribution in [0.15, 0.2) is 0 Å². The summed E-state index contributed by atoms with van der Waals surface area (Å²) in [5.41, 5.74) is 0.485. The molecule has 1 aromatic rings. The van der Waals surface area contributed by atoms with Crippen LogP contribution in [0, 0.1) is 6.92 Å². The highest BCUT2D eigenvalue weighted by atomic mass is 35.5. The Bertz CT molecular complexity index is 291. The molecule has 5 heteroatoms. The van der Waals surface area contributed by atoms with Crippen LogP contribution in [0.5, 0.6) is 0 Å². The van der Waals surface area contributed by atoms with Crippen LogP contribution in [0.2, 0.25) is 10.3 Å². The Balaban J connectivity index is 3.18. The number of hydrogen-bond donors (Lipinski definition) is 0. The first-order valence-corrected chi connectivity index (χ1v) is 4.03. The number of aldehydes is 1. The first-order chi connectivity index (χ1) is 5.65. The fourth-order valence-corrected chi connectivity index (χ4v) is 1.41. The summed E-state index contributed by atoms with van der Waals surface area (Å²) in [6.07, 6.45) is 0.865. The number of halogens is 2. The van der Waals surface area contributed by atoms with Gasteiger partial charge in [0, 0.05) is 12.0 Å². The number of carbonyl (C=O) groups is 1. The van der Waals surface area contributed by atoms with Crippen LogP contribution in [-0.2, 0) is 11.2 Å². The van der Waals surface area contributed by atoms with Gasteiger partial charge in [0.05, 0.1) is 0 Å². The van der Waals surface area contributed by atoms with Crippen molar-refractivity contribution in [3.63, 3.8) is 0 Å². The van der Waals surface area contributed by atoms with Crippen LogP contribution in [0.1, 0.15) is 11.4 Å². The van der Waals surface area contributed by atoms with Crippen molar-refractivity contribution in [3.8, 4) is 0 Å². The third-order valence-corrected chi connectivity index (χ3v) is 1.93. The smallest absolute Gasteiger partial charge is 0.137 e. The lowest BCUT2D eigenvalue weighted by atomic mass is 10.2. The van der Waals surface area contributed by atoms with Gasteiger partial charge in [0.15, 0.2) is 0 Å². The maximum atomic E-state index is 10.2. The van der Waals surface area contributed by atoms with Crippen molar-refractivity contribution in [3.05, 3.63) is 21.7 Å². The molecule has 0 fully saturated rings. The quantitative estimate of drug-likeness (QED) is 0.546. The predicted molar refractivity (Wildman–Crippen MR) is 46.6 cm³/mol. The molecule has 0 amide bonds. The van der Waals surface area contributed by atoms with Crippen LogP contribution < -0.4 is 0 Å². The summed E-state index contributed by atoms with van der Waals surface area (Å²) < 4.78 is 0. The largest absolute Gasteiger partial charge is 0.303 e. The van der Waals surface area contributed by atoms with Gasteiger partial charge in [-0.3, -0.25) is 0 Å². The van der Waals surface area contributed by atoms with E-state index in [-0.39, 0.29) is 16.7 Å². The first kappa shape index (κ1) is 9.42. The number of aromatic nitrogens is 2. The molecule has 0 bridgehead atoms. The maximum absolute atomic E-state index is 10.2. The van der Waals surface area contributed by atoms with Gasteiger partial charge in [0.1, 0.15) is 22.4 Å². The number of nitrogens with zero attached hydrogens (tertiary/aromatic N) is 2. The van der Waals surface area contributed by atoms with Gasteiger partial charge in [-0.1, -0.05) is 23.2 Å². The molecule has 0 spiro atoms. The van der Waals surface area contributed by atoms with Gasteiger partial charge in [0.25, 0.3) is 0 Å². The fourth-order valence-electron chi connectivity index (χ4n) is 0.781. The molecule has 0 N–H and O–H groups in total. The molecule has 3 nitrogen and oxygen atoms in total. The van der Waals surface area contributed by atoms with Crippen LogP contribution in [-0.4, -0.2) is 16.3 Å². The molecular formula is C7H6Cl2N2O. The predicted octanol–water partition coefficient (Wildman–Crippen LogP) is 1.83. The lowest BCUT2D eigenvalue weighted by Gasteiger charge is -2.01. The summed E-state index contributed by atoms with van der Waals surface area (Å²) in [6.45, 7) is 1.68. The summed E-state index contributed by atoms with van der Waals surface area (Å²) >= 11 is 11.4. The van der Waals surface area contributed by atoms with Gasteiger partial charge in [-0.05, 0) is 6.92 Å². The van der Waals surface area contributed by atoms with E-state index in [1.54, 1.807) is 6.92 Å². The highest BCUT2D eigenvalue weighted by Gasteiger charge is 2.08. The van der Waals surface area contributed by atoms with Crippen molar-refractivity contribution in [2.45, 2.75) is 13.3 Å². The van der Waals surface area contributed by atoms with Gasteiger partial charge < -0.3 is 4.79 Å². The van der Waals surface area contributed by atoms with E-state index in [4.69, 9.17) is 23.2 Å². The Morgan fingerprint density at radius 3 is 2.25 bits per heavy atom. The zero-order valence-electron chi connectivity index (χ0n) is 6.34. The SMILES string of the molecule is Cc1nc(Cl)c(CC=O)c(Cl)n1. The van der Waals surface area contributed by atoms with Crippen LogP contribution in [0.4, 0.5) is 0 Å². The van der Waals surface area contributed by atoms with E-state index in [2.05, 4.69) is 9.97 Å². The zero-order valence-corrected chi connectivity index (χ0v) is 7.85.